The van der Waals surface area contributed by atoms with Gasteiger partial charge < -0.3 is 4.42 Å². The predicted molar refractivity (Wildman–Crippen MR) is 60.0 cm³/mol. The van der Waals surface area contributed by atoms with Crippen LogP contribution in [0, 0.1) is 0 Å². The van der Waals surface area contributed by atoms with Crippen molar-refractivity contribution in [1.82, 2.24) is 4.98 Å². The molecule has 1 aliphatic carbocycles. The van der Waals surface area contributed by atoms with Gasteiger partial charge in [0.15, 0.2) is 0 Å². The lowest BCUT2D eigenvalue weighted by Crippen LogP contribution is -2.04. The maximum Gasteiger partial charge on any atom is 0.346 e. The molecule has 0 unspecified atom stereocenters. The van der Waals surface area contributed by atoms with Crippen molar-refractivity contribution in [1.29, 1.82) is 0 Å². The highest BCUT2D eigenvalue weighted by atomic mass is 79.9. The molecule has 0 saturated heterocycles. The van der Waals surface area contributed by atoms with Crippen LogP contribution in [0.3, 0.4) is 0 Å². The van der Waals surface area contributed by atoms with Gasteiger partial charge in [0, 0.05) is 10.4 Å². The van der Waals surface area contributed by atoms with E-state index in [9.17, 15) is 4.79 Å². The highest BCUT2D eigenvalue weighted by Crippen LogP contribution is 2.38. The zero-order valence-corrected chi connectivity index (χ0v) is 9.45. The molecule has 0 spiro atoms. The molecule has 0 N–H and O–H groups in total. The maximum atomic E-state index is 11.6. The molecule has 1 aromatic heterocycles. The van der Waals surface area contributed by atoms with Gasteiger partial charge in [0.25, 0.3) is 0 Å². The number of rotatable bonds is 1. The molecule has 0 bridgehead atoms. The first kappa shape index (κ1) is 9.09. The zero-order valence-electron chi connectivity index (χ0n) is 7.87. The first-order chi connectivity index (χ1) is 7.24. The maximum absolute atomic E-state index is 11.6. The number of benzene rings is 1. The minimum atomic E-state index is -0.283. The van der Waals surface area contributed by atoms with Crippen molar-refractivity contribution >= 4 is 26.8 Å². The molecule has 1 saturated carbocycles. The largest absolute Gasteiger partial charge is 0.408 e. The molecule has 0 aliphatic heterocycles. The molecule has 0 radical (unpaired) electrons. The molecule has 1 heterocycles. The number of halogens is 1. The van der Waals surface area contributed by atoms with Crippen molar-refractivity contribution < 1.29 is 4.42 Å². The fraction of sp³-hybridized carbons (Fsp3) is 0.273. The molecular weight excluding hydrogens is 258 g/mol. The summed E-state index contributed by atoms with van der Waals surface area (Å²) in [7, 11) is 0. The van der Waals surface area contributed by atoms with Crippen LogP contribution in [0.4, 0.5) is 0 Å². The monoisotopic (exact) mass is 265 g/mol. The second kappa shape index (κ2) is 3.17. The topological polar surface area (TPSA) is 43.1 Å². The third-order valence-corrected chi connectivity index (χ3v) is 3.03. The van der Waals surface area contributed by atoms with Crippen LogP contribution >= 0.6 is 15.9 Å². The van der Waals surface area contributed by atoms with Crippen LogP contribution in [0.1, 0.15) is 24.7 Å². The van der Waals surface area contributed by atoms with Gasteiger partial charge in [-0.15, -0.1) is 0 Å². The lowest BCUT2D eigenvalue weighted by molar-refractivity contribution is 0.446. The van der Waals surface area contributed by atoms with Crippen molar-refractivity contribution in [3.05, 3.63) is 39.0 Å². The molecule has 3 rings (SSSR count). The molecule has 2 aromatic rings. The van der Waals surface area contributed by atoms with Crippen LogP contribution in [-0.4, -0.2) is 4.98 Å². The molecular formula is C11H8BrNO2. The van der Waals surface area contributed by atoms with Crippen molar-refractivity contribution in [2.24, 2.45) is 0 Å². The molecule has 15 heavy (non-hydrogen) atoms. The van der Waals surface area contributed by atoms with Crippen LogP contribution in [0.5, 0.6) is 0 Å². The number of hydrogen-bond acceptors (Lipinski definition) is 3. The number of hydrogen-bond donors (Lipinski definition) is 0. The SMILES string of the molecule is O=c1oc(C2CC2)nc2cc(Br)ccc12. The standard InChI is InChI=1S/C11H8BrNO2/c12-7-3-4-8-9(5-7)13-10(6-1-2-6)15-11(8)14/h3-6H,1-2H2. The fourth-order valence-electron chi connectivity index (χ4n) is 1.57. The summed E-state index contributed by atoms with van der Waals surface area (Å²) >= 11 is 3.36. The van der Waals surface area contributed by atoms with Crippen LogP contribution in [-0.2, 0) is 0 Å². The molecule has 3 nitrogen and oxygen atoms in total. The Labute approximate surface area is 94.3 Å². The molecule has 0 atom stereocenters. The van der Waals surface area contributed by atoms with E-state index in [1.54, 1.807) is 6.07 Å². The van der Waals surface area contributed by atoms with Gasteiger partial charge in [-0.1, -0.05) is 15.9 Å². The van der Waals surface area contributed by atoms with Gasteiger partial charge in [0.05, 0.1) is 10.9 Å². The number of fused-ring (bicyclic) bond motifs is 1. The Morgan fingerprint density at radius 2 is 2.20 bits per heavy atom. The lowest BCUT2D eigenvalue weighted by Gasteiger charge is -1.99. The Morgan fingerprint density at radius 1 is 1.40 bits per heavy atom. The van der Waals surface area contributed by atoms with Crippen molar-refractivity contribution in [3.63, 3.8) is 0 Å². The summed E-state index contributed by atoms with van der Waals surface area (Å²) < 4.78 is 6.10. The van der Waals surface area contributed by atoms with Crippen LogP contribution in [0.2, 0.25) is 0 Å². The van der Waals surface area contributed by atoms with Gasteiger partial charge in [-0.2, -0.15) is 0 Å². The number of aromatic nitrogens is 1. The summed E-state index contributed by atoms with van der Waals surface area (Å²) in [4.78, 5) is 16.0. The van der Waals surface area contributed by atoms with E-state index in [1.807, 2.05) is 12.1 Å². The predicted octanol–water partition coefficient (Wildman–Crippen LogP) is 2.83. The van der Waals surface area contributed by atoms with Gasteiger partial charge in [-0.25, -0.2) is 9.78 Å². The van der Waals surface area contributed by atoms with Crippen molar-refractivity contribution in [2.75, 3.05) is 0 Å². The minimum absolute atomic E-state index is 0.283. The summed E-state index contributed by atoms with van der Waals surface area (Å²) in [5.41, 5.74) is 0.428. The third-order valence-electron chi connectivity index (χ3n) is 2.53. The summed E-state index contributed by atoms with van der Waals surface area (Å²) in [5, 5.41) is 0.544. The van der Waals surface area contributed by atoms with Crippen LogP contribution < -0.4 is 5.63 Å². The van der Waals surface area contributed by atoms with Crippen molar-refractivity contribution in [2.45, 2.75) is 18.8 Å². The average molecular weight is 266 g/mol. The van der Waals surface area contributed by atoms with E-state index in [0.29, 0.717) is 22.7 Å². The summed E-state index contributed by atoms with van der Waals surface area (Å²) in [5.74, 6) is 0.951. The molecule has 4 heteroatoms. The fourth-order valence-corrected chi connectivity index (χ4v) is 1.92. The van der Waals surface area contributed by atoms with E-state index in [2.05, 4.69) is 20.9 Å². The summed E-state index contributed by atoms with van der Waals surface area (Å²) in [6.07, 6.45) is 2.16. The summed E-state index contributed by atoms with van der Waals surface area (Å²) in [6.45, 7) is 0. The highest BCUT2D eigenvalue weighted by Gasteiger charge is 2.28. The first-order valence-electron chi connectivity index (χ1n) is 4.84. The van der Waals surface area contributed by atoms with Crippen LogP contribution in [0.25, 0.3) is 10.9 Å². The van der Waals surface area contributed by atoms with Gasteiger partial charge in [-0.05, 0) is 31.0 Å². The van der Waals surface area contributed by atoms with Gasteiger partial charge >= 0.3 is 5.63 Å². The van der Waals surface area contributed by atoms with E-state index in [0.717, 1.165) is 17.3 Å². The zero-order chi connectivity index (χ0) is 10.4. The van der Waals surface area contributed by atoms with E-state index < -0.39 is 0 Å². The molecule has 76 valence electrons. The van der Waals surface area contributed by atoms with Gasteiger partial charge in [0.2, 0.25) is 5.89 Å². The van der Waals surface area contributed by atoms with Gasteiger partial charge in [0.1, 0.15) is 0 Å². The van der Waals surface area contributed by atoms with Gasteiger partial charge in [-0.3, -0.25) is 0 Å². The Kier molecular flexibility index (Phi) is 1.92. The Bertz CT molecular complexity index is 587. The molecule has 0 amide bonds. The quantitative estimate of drug-likeness (QED) is 0.797. The Balaban J connectivity index is 2.32. The second-order valence-electron chi connectivity index (χ2n) is 3.78. The second-order valence-corrected chi connectivity index (χ2v) is 4.69. The van der Waals surface area contributed by atoms with E-state index in [-0.39, 0.29) is 5.63 Å². The summed E-state index contributed by atoms with van der Waals surface area (Å²) in [6, 6.07) is 5.39. The Morgan fingerprint density at radius 3 is 2.93 bits per heavy atom. The van der Waals surface area contributed by atoms with E-state index >= 15 is 0 Å². The Hall–Kier alpha value is -1.16. The normalized spacial score (nSPS) is 15.8. The number of nitrogens with zero attached hydrogens (tertiary/aromatic N) is 1. The minimum Gasteiger partial charge on any atom is -0.408 e. The van der Waals surface area contributed by atoms with E-state index in [1.165, 1.54) is 0 Å². The molecule has 1 fully saturated rings. The average Bonchev–Trinajstić information content (AvgIpc) is 2.99. The van der Waals surface area contributed by atoms with E-state index in [4.69, 9.17) is 4.42 Å². The highest BCUT2D eigenvalue weighted by molar-refractivity contribution is 9.10. The lowest BCUT2D eigenvalue weighted by atomic mass is 10.2. The smallest absolute Gasteiger partial charge is 0.346 e. The molecule has 1 aromatic carbocycles. The third kappa shape index (κ3) is 1.59. The molecule has 1 aliphatic rings. The van der Waals surface area contributed by atoms with Crippen LogP contribution in [0.15, 0.2) is 31.9 Å². The van der Waals surface area contributed by atoms with Crippen molar-refractivity contribution in [3.8, 4) is 0 Å². The first-order valence-corrected chi connectivity index (χ1v) is 5.63.